The lowest BCUT2D eigenvalue weighted by atomic mass is 10.0. The number of hydrogen-bond donors (Lipinski definition) is 1. The van der Waals surface area contributed by atoms with E-state index in [0.29, 0.717) is 5.92 Å². The second kappa shape index (κ2) is 7.21. The van der Waals surface area contributed by atoms with Crippen molar-refractivity contribution in [2.24, 2.45) is 11.8 Å². The summed E-state index contributed by atoms with van der Waals surface area (Å²) in [7, 11) is 1.76. The molecule has 0 saturated carbocycles. The molecule has 1 rings (SSSR count). The summed E-state index contributed by atoms with van der Waals surface area (Å²) < 4.78 is 10.5. The van der Waals surface area contributed by atoms with E-state index in [1.165, 1.54) is 12.8 Å². The van der Waals surface area contributed by atoms with E-state index < -0.39 is 0 Å². The molecule has 0 aromatic rings. The molecule has 0 radical (unpaired) electrons. The van der Waals surface area contributed by atoms with E-state index in [0.717, 1.165) is 38.8 Å². The molecule has 3 nitrogen and oxygen atoms in total. The molecule has 14 heavy (non-hydrogen) atoms. The Labute approximate surface area is 87.2 Å². The van der Waals surface area contributed by atoms with Crippen molar-refractivity contribution in [3.05, 3.63) is 0 Å². The molecule has 1 heterocycles. The molecule has 1 fully saturated rings. The van der Waals surface area contributed by atoms with Gasteiger partial charge in [0.25, 0.3) is 0 Å². The van der Waals surface area contributed by atoms with E-state index in [4.69, 9.17) is 9.47 Å². The van der Waals surface area contributed by atoms with Gasteiger partial charge >= 0.3 is 0 Å². The zero-order chi connectivity index (χ0) is 10.2. The van der Waals surface area contributed by atoms with Gasteiger partial charge in [-0.2, -0.15) is 0 Å². The summed E-state index contributed by atoms with van der Waals surface area (Å²) >= 11 is 0. The van der Waals surface area contributed by atoms with Crippen LogP contribution in [-0.4, -0.2) is 40.0 Å². The Bertz CT molecular complexity index is 135. The van der Waals surface area contributed by atoms with Gasteiger partial charge in [-0.15, -0.1) is 0 Å². The fourth-order valence-corrected chi connectivity index (χ4v) is 1.85. The van der Waals surface area contributed by atoms with Gasteiger partial charge in [0, 0.05) is 26.9 Å². The zero-order valence-corrected chi connectivity index (χ0v) is 9.42. The highest BCUT2D eigenvalue weighted by atomic mass is 16.5. The molecule has 84 valence electrons. The molecule has 1 aliphatic rings. The molecule has 0 amide bonds. The summed E-state index contributed by atoms with van der Waals surface area (Å²) in [6, 6.07) is 0. The van der Waals surface area contributed by atoms with Crippen LogP contribution >= 0.6 is 0 Å². The topological polar surface area (TPSA) is 30.5 Å². The summed E-state index contributed by atoms with van der Waals surface area (Å²) in [5, 5.41) is 3.48. The first kappa shape index (κ1) is 12.0. The third-order valence-corrected chi connectivity index (χ3v) is 2.63. The second-order valence-corrected chi connectivity index (χ2v) is 4.30. The Kier molecular flexibility index (Phi) is 6.15. The number of nitrogens with one attached hydrogen (secondary N) is 1. The zero-order valence-electron chi connectivity index (χ0n) is 9.42. The summed E-state index contributed by atoms with van der Waals surface area (Å²) in [4.78, 5) is 0. The van der Waals surface area contributed by atoms with Crippen LogP contribution < -0.4 is 5.32 Å². The van der Waals surface area contributed by atoms with Crippen molar-refractivity contribution >= 4 is 0 Å². The van der Waals surface area contributed by atoms with Crippen molar-refractivity contribution in [2.75, 3.05) is 40.0 Å². The first-order valence-electron chi connectivity index (χ1n) is 5.60. The van der Waals surface area contributed by atoms with Crippen LogP contribution in [0.25, 0.3) is 0 Å². The van der Waals surface area contributed by atoms with Crippen LogP contribution in [0.2, 0.25) is 0 Å². The summed E-state index contributed by atoms with van der Waals surface area (Å²) in [6.45, 7) is 7.07. The van der Waals surface area contributed by atoms with Gasteiger partial charge in [-0.25, -0.2) is 0 Å². The van der Waals surface area contributed by atoms with Gasteiger partial charge in [-0.1, -0.05) is 6.92 Å². The van der Waals surface area contributed by atoms with Crippen LogP contribution in [0, 0.1) is 11.8 Å². The van der Waals surface area contributed by atoms with Crippen LogP contribution in [0.5, 0.6) is 0 Å². The predicted molar refractivity (Wildman–Crippen MR) is 57.5 cm³/mol. The average molecular weight is 201 g/mol. The quantitative estimate of drug-likeness (QED) is 0.702. The van der Waals surface area contributed by atoms with Crippen LogP contribution in [0.4, 0.5) is 0 Å². The highest BCUT2D eigenvalue weighted by molar-refractivity contribution is 4.66. The first-order valence-corrected chi connectivity index (χ1v) is 5.60. The molecule has 2 unspecified atom stereocenters. The Morgan fingerprint density at radius 1 is 1.57 bits per heavy atom. The molecule has 1 saturated heterocycles. The predicted octanol–water partition coefficient (Wildman–Crippen LogP) is 1.29. The highest BCUT2D eigenvalue weighted by Gasteiger charge is 2.13. The lowest BCUT2D eigenvalue weighted by molar-refractivity contribution is 0.0541. The second-order valence-electron chi connectivity index (χ2n) is 4.30. The molecule has 0 aromatic carbocycles. The van der Waals surface area contributed by atoms with Crippen molar-refractivity contribution in [1.29, 1.82) is 0 Å². The van der Waals surface area contributed by atoms with Gasteiger partial charge in [-0.05, 0) is 31.2 Å². The number of methoxy groups -OCH3 is 1. The molecule has 3 heteroatoms. The van der Waals surface area contributed by atoms with E-state index in [-0.39, 0.29) is 0 Å². The van der Waals surface area contributed by atoms with E-state index >= 15 is 0 Å². The molecule has 0 aliphatic carbocycles. The van der Waals surface area contributed by atoms with Gasteiger partial charge in [0.2, 0.25) is 0 Å². The smallest absolute Gasteiger partial charge is 0.0506 e. The fourth-order valence-electron chi connectivity index (χ4n) is 1.85. The van der Waals surface area contributed by atoms with Crippen molar-refractivity contribution in [3.63, 3.8) is 0 Å². The van der Waals surface area contributed by atoms with E-state index in [1.54, 1.807) is 7.11 Å². The maximum absolute atomic E-state index is 5.42. The minimum absolute atomic E-state index is 0.601. The third kappa shape index (κ3) is 4.94. The molecule has 2 atom stereocenters. The van der Waals surface area contributed by atoms with Crippen LogP contribution in [0.3, 0.4) is 0 Å². The molecule has 0 bridgehead atoms. The van der Waals surface area contributed by atoms with Gasteiger partial charge in [0.15, 0.2) is 0 Å². The van der Waals surface area contributed by atoms with E-state index in [2.05, 4.69) is 12.2 Å². The van der Waals surface area contributed by atoms with Gasteiger partial charge in [0.05, 0.1) is 6.61 Å². The average Bonchev–Trinajstić information content (AvgIpc) is 2.20. The highest BCUT2D eigenvalue weighted by Crippen LogP contribution is 2.12. The summed E-state index contributed by atoms with van der Waals surface area (Å²) in [5.41, 5.74) is 0. The molecule has 1 aliphatic heterocycles. The van der Waals surface area contributed by atoms with Gasteiger partial charge in [-0.3, -0.25) is 0 Å². The lowest BCUT2D eigenvalue weighted by Gasteiger charge is -2.23. The number of ether oxygens (including phenoxy) is 2. The number of rotatable bonds is 6. The molecular formula is C11H23NO2. The van der Waals surface area contributed by atoms with Crippen molar-refractivity contribution in [2.45, 2.75) is 19.8 Å². The molecule has 0 aromatic heterocycles. The molecule has 0 spiro atoms. The minimum Gasteiger partial charge on any atom is -0.384 e. The first-order chi connectivity index (χ1) is 6.83. The lowest BCUT2D eigenvalue weighted by Crippen LogP contribution is -2.32. The maximum Gasteiger partial charge on any atom is 0.0506 e. The minimum atomic E-state index is 0.601. The van der Waals surface area contributed by atoms with Crippen molar-refractivity contribution in [1.82, 2.24) is 5.32 Å². The molecular weight excluding hydrogens is 178 g/mol. The van der Waals surface area contributed by atoms with Gasteiger partial charge < -0.3 is 14.8 Å². The van der Waals surface area contributed by atoms with Crippen LogP contribution in [-0.2, 0) is 9.47 Å². The van der Waals surface area contributed by atoms with Crippen LogP contribution in [0.15, 0.2) is 0 Å². The fraction of sp³-hybridized carbons (Fsp3) is 1.00. The summed E-state index contributed by atoms with van der Waals surface area (Å²) in [5.74, 6) is 1.32. The SMILES string of the molecule is COCC(C)CNCC1CCCOC1. The normalized spacial score (nSPS) is 24.9. The van der Waals surface area contributed by atoms with Crippen molar-refractivity contribution < 1.29 is 9.47 Å². The Balaban J connectivity index is 1.96. The maximum atomic E-state index is 5.42. The largest absolute Gasteiger partial charge is 0.384 e. The Morgan fingerprint density at radius 2 is 2.43 bits per heavy atom. The standard InChI is InChI=1S/C11H23NO2/c1-10(8-13-2)6-12-7-11-4-3-5-14-9-11/h10-12H,3-9H2,1-2H3. The Morgan fingerprint density at radius 3 is 3.07 bits per heavy atom. The Hall–Kier alpha value is -0.120. The van der Waals surface area contributed by atoms with Crippen molar-refractivity contribution in [3.8, 4) is 0 Å². The van der Waals surface area contributed by atoms with Gasteiger partial charge in [0.1, 0.15) is 0 Å². The number of hydrogen-bond acceptors (Lipinski definition) is 3. The van der Waals surface area contributed by atoms with Crippen LogP contribution in [0.1, 0.15) is 19.8 Å². The van der Waals surface area contributed by atoms with E-state index in [1.807, 2.05) is 0 Å². The summed E-state index contributed by atoms with van der Waals surface area (Å²) in [6.07, 6.45) is 2.53. The monoisotopic (exact) mass is 201 g/mol. The third-order valence-electron chi connectivity index (χ3n) is 2.63. The van der Waals surface area contributed by atoms with E-state index in [9.17, 15) is 0 Å². The molecule has 1 N–H and O–H groups in total.